The molecule has 0 saturated carbocycles. The number of primary amides is 1. The largest absolute Gasteiger partial charge is 0.366 e. The van der Waals surface area contributed by atoms with Crippen LogP contribution in [0.1, 0.15) is 80.6 Å². The highest BCUT2D eigenvalue weighted by molar-refractivity contribution is 5.96. The molecule has 226 valence electrons. The Balaban J connectivity index is 0.00000242. The van der Waals surface area contributed by atoms with Crippen LogP contribution in [0.2, 0.25) is 0 Å². The van der Waals surface area contributed by atoms with Crippen molar-refractivity contribution < 1.29 is 9.59 Å². The van der Waals surface area contributed by atoms with Crippen molar-refractivity contribution in [2.45, 2.75) is 65.0 Å². The number of halogens is 2. The summed E-state index contributed by atoms with van der Waals surface area (Å²) in [6.07, 6.45) is 7.03. The molecule has 2 N–H and O–H groups in total. The third-order valence-corrected chi connectivity index (χ3v) is 8.98. The number of aryl methyl sites for hydroxylation is 1. The number of piperidine rings is 1. The van der Waals surface area contributed by atoms with Crippen LogP contribution in [0.4, 0.5) is 0 Å². The summed E-state index contributed by atoms with van der Waals surface area (Å²) in [6, 6.07) is 22.7. The van der Waals surface area contributed by atoms with Gasteiger partial charge in [0.2, 0.25) is 5.91 Å². The number of ketones is 1. The van der Waals surface area contributed by atoms with Gasteiger partial charge in [0, 0.05) is 43.7 Å². The van der Waals surface area contributed by atoms with Gasteiger partial charge in [-0.3, -0.25) is 19.4 Å². The average molecular weight is 611 g/mol. The number of amides is 1. The number of hydrogen-bond donors (Lipinski definition) is 1. The predicted molar refractivity (Wildman–Crippen MR) is 176 cm³/mol. The van der Waals surface area contributed by atoms with Crippen molar-refractivity contribution in [3.63, 3.8) is 0 Å². The number of hydrogen-bond acceptors (Lipinski definition) is 4. The Kier molecular flexibility index (Phi) is 13.1. The molecular weight excluding hydrogens is 565 g/mol. The molecule has 0 atom stereocenters. The molecular formula is C35H45Cl2N3O2. The molecule has 0 bridgehead atoms. The first-order valence-corrected chi connectivity index (χ1v) is 15.0. The van der Waals surface area contributed by atoms with E-state index in [0.29, 0.717) is 17.9 Å². The third kappa shape index (κ3) is 8.90. The quantitative estimate of drug-likeness (QED) is 0.257. The molecule has 5 rings (SSSR count). The molecule has 0 aliphatic carbocycles. The fourth-order valence-electron chi connectivity index (χ4n) is 6.40. The molecule has 1 amide bonds. The summed E-state index contributed by atoms with van der Waals surface area (Å²) in [5, 5.41) is 0. The number of carbonyl (C=O) groups excluding carboxylic acids is 2. The van der Waals surface area contributed by atoms with Crippen LogP contribution in [0, 0.1) is 12.8 Å². The molecule has 42 heavy (non-hydrogen) atoms. The van der Waals surface area contributed by atoms with E-state index in [2.05, 4.69) is 59.2 Å². The maximum atomic E-state index is 13.1. The van der Waals surface area contributed by atoms with Gasteiger partial charge in [-0.1, -0.05) is 54.6 Å². The Bertz CT molecular complexity index is 1340. The summed E-state index contributed by atoms with van der Waals surface area (Å²) in [5.41, 5.74) is 13.6. The summed E-state index contributed by atoms with van der Waals surface area (Å²) >= 11 is 0. The lowest BCUT2D eigenvalue weighted by Gasteiger charge is -2.32. The van der Waals surface area contributed by atoms with E-state index in [4.69, 9.17) is 5.73 Å². The van der Waals surface area contributed by atoms with Crippen molar-refractivity contribution in [1.29, 1.82) is 0 Å². The zero-order valence-corrected chi connectivity index (χ0v) is 26.4. The molecule has 2 aliphatic rings. The van der Waals surface area contributed by atoms with Crippen molar-refractivity contribution in [3.8, 4) is 0 Å². The SMILES string of the molecule is Cc1ccccc1CN1CCc2ccc(C(=O)CCCC3CCN(Cc4ccccc4C(N)=O)CC3)cc2CC1.Cl.Cl. The molecule has 0 aromatic heterocycles. The molecule has 7 heteroatoms. The Labute approximate surface area is 263 Å². The summed E-state index contributed by atoms with van der Waals surface area (Å²) in [6.45, 7) is 8.10. The van der Waals surface area contributed by atoms with Gasteiger partial charge < -0.3 is 5.73 Å². The van der Waals surface area contributed by atoms with E-state index in [-0.39, 0.29) is 36.5 Å². The summed E-state index contributed by atoms with van der Waals surface area (Å²) < 4.78 is 0. The number of nitrogens with zero attached hydrogens (tertiary/aromatic N) is 2. The van der Waals surface area contributed by atoms with Gasteiger partial charge in [0.05, 0.1) is 0 Å². The summed E-state index contributed by atoms with van der Waals surface area (Å²) in [4.78, 5) is 29.8. The first-order valence-electron chi connectivity index (χ1n) is 15.0. The highest BCUT2D eigenvalue weighted by Gasteiger charge is 2.21. The number of carbonyl (C=O) groups is 2. The molecule has 3 aromatic rings. The van der Waals surface area contributed by atoms with Crippen molar-refractivity contribution in [2.24, 2.45) is 11.7 Å². The van der Waals surface area contributed by atoms with Crippen molar-refractivity contribution >= 4 is 36.5 Å². The Hall–Kier alpha value is -2.70. The van der Waals surface area contributed by atoms with Gasteiger partial charge in [0.1, 0.15) is 0 Å². The first-order chi connectivity index (χ1) is 19.5. The van der Waals surface area contributed by atoms with Crippen LogP contribution in [0.25, 0.3) is 0 Å². The number of likely N-dealkylation sites (tertiary alicyclic amines) is 1. The molecule has 0 unspecified atom stereocenters. The molecule has 2 heterocycles. The van der Waals surface area contributed by atoms with Gasteiger partial charge in [-0.05, 0) is 104 Å². The molecule has 0 radical (unpaired) electrons. The third-order valence-electron chi connectivity index (χ3n) is 8.98. The van der Waals surface area contributed by atoms with Crippen molar-refractivity contribution in [3.05, 3.63) is 106 Å². The second-order valence-corrected chi connectivity index (χ2v) is 11.7. The lowest BCUT2D eigenvalue weighted by atomic mass is 9.90. The normalized spacial score (nSPS) is 16.0. The van der Waals surface area contributed by atoms with Crippen LogP contribution in [0.5, 0.6) is 0 Å². The van der Waals surface area contributed by atoms with Gasteiger partial charge in [-0.2, -0.15) is 0 Å². The number of rotatable bonds is 10. The molecule has 2 aliphatic heterocycles. The molecule has 0 spiro atoms. The maximum Gasteiger partial charge on any atom is 0.249 e. The van der Waals surface area contributed by atoms with Gasteiger partial charge in [-0.25, -0.2) is 0 Å². The molecule has 1 fully saturated rings. The Morgan fingerprint density at radius 1 is 0.786 bits per heavy atom. The van der Waals surface area contributed by atoms with E-state index < -0.39 is 0 Å². The number of nitrogens with two attached hydrogens (primary N) is 1. The second-order valence-electron chi connectivity index (χ2n) is 11.7. The highest BCUT2D eigenvalue weighted by Crippen LogP contribution is 2.26. The Morgan fingerprint density at radius 3 is 2.12 bits per heavy atom. The minimum atomic E-state index is -0.357. The lowest BCUT2D eigenvalue weighted by molar-refractivity contribution is 0.0969. The summed E-state index contributed by atoms with van der Waals surface area (Å²) in [5.74, 6) is 0.593. The number of benzene rings is 3. The minimum Gasteiger partial charge on any atom is -0.366 e. The fourth-order valence-corrected chi connectivity index (χ4v) is 6.40. The highest BCUT2D eigenvalue weighted by atomic mass is 35.5. The van der Waals surface area contributed by atoms with E-state index >= 15 is 0 Å². The van der Waals surface area contributed by atoms with E-state index in [1.807, 2.05) is 24.3 Å². The predicted octanol–water partition coefficient (Wildman–Crippen LogP) is 6.80. The topological polar surface area (TPSA) is 66.6 Å². The fraction of sp³-hybridized carbons (Fsp3) is 0.429. The van der Waals surface area contributed by atoms with Crippen LogP contribution in [-0.4, -0.2) is 47.7 Å². The standard InChI is InChI=1S/C35H43N3O2.2ClH/c1-26-7-2-3-9-31(26)24-38-21-17-28-13-14-30(23-29(28)18-22-38)34(39)12-6-8-27-15-19-37(20-16-27)25-32-10-4-5-11-33(32)35(36)40;;/h2-5,7,9-11,13-14,23,27H,6,8,12,15-22,24-25H2,1H3,(H2,36,40);2*1H. The number of Topliss-reactive ketones (excluding diaryl/α,β-unsaturated/α-hetero) is 1. The first kappa shape index (κ1) is 33.8. The van der Waals surface area contributed by atoms with E-state index in [1.54, 1.807) is 0 Å². The monoisotopic (exact) mass is 609 g/mol. The van der Waals surface area contributed by atoms with Gasteiger partial charge in [0.15, 0.2) is 5.78 Å². The molecule has 3 aromatic carbocycles. The van der Waals surface area contributed by atoms with Crippen molar-refractivity contribution in [2.75, 3.05) is 26.2 Å². The zero-order chi connectivity index (χ0) is 27.9. The van der Waals surface area contributed by atoms with Gasteiger partial charge >= 0.3 is 0 Å². The van der Waals surface area contributed by atoms with E-state index in [0.717, 1.165) is 88.9 Å². The maximum absolute atomic E-state index is 13.1. The van der Waals surface area contributed by atoms with Crippen molar-refractivity contribution in [1.82, 2.24) is 9.80 Å². The van der Waals surface area contributed by atoms with Gasteiger partial charge in [-0.15, -0.1) is 24.8 Å². The molecule has 1 saturated heterocycles. The van der Waals surface area contributed by atoms with Crippen LogP contribution in [-0.2, 0) is 25.9 Å². The van der Waals surface area contributed by atoms with E-state index in [9.17, 15) is 9.59 Å². The smallest absolute Gasteiger partial charge is 0.249 e. The lowest BCUT2D eigenvalue weighted by Crippen LogP contribution is -2.34. The van der Waals surface area contributed by atoms with Crippen LogP contribution in [0.15, 0.2) is 66.7 Å². The number of fused-ring (bicyclic) bond motifs is 1. The Morgan fingerprint density at radius 2 is 1.40 bits per heavy atom. The van der Waals surface area contributed by atoms with Crippen LogP contribution < -0.4 is 5.73 Å². The van der Waals surface area contributed by atoms with E-state index in [1.165, 1.54) is 22.3 Å². The van der Waals surface area contributed by atoms with Gasteiger partial charge in [0.25, 0.3) is 0 Å². The zero-order valence-electron chi connectivity index (χ0n) is 24.7. The average Bonchev–Trinajstić information content (AvgIpc) is 3.17. The van der Waals surface area contributed by atoms with Crippen LogP contribution >= 0.6 is 24.8 Å². The molecule has 5 nitrogen and oxygen atoms in total. The summed E-state index contributed by atoms with van der Waals surface area (Å²) in [7, 11) is 0. The van der Waals surface area contributed by atoms with Crippen LogP contribution in [0.3, 0.4) is 0 Å². The minimum absolute atomic E-state index is 0. The second kappa shape index (κ2) is 16.2.